The minimum absolute atomic E-state index is 0.359. The number of hydrogen-bond donors (Lipinski definition) is 0. The van der Waals surface area contributed by atoms with Crippen molar-refractivity contribution in [1.82, 2.24) is 0 Å². The molecule has 0 fully saturated rings. The van der Waals surface area contributed by atoms with Crippen molar-refractivity contribution in [3.8, 4) is 6.07 Å². The number of hydrogen-bond acceptors (Lipinski definition) is 4. The summed E-state index contributed by atoms with van der Waals surface area (Å²) in [7, 11) is -1.27. The molecule has 5 heteroatoms. The highest BCUT2D eigenvalue weighted by Crippen LogP contribution is 2.24. The molecule has 0 saturated carbocycles. The quantitative estimate of drug-likeness (QED) is 0.751. The molecule has 0 aromatic heterocycles. The lowest BCUT2D eigenvalue weighted by Gasteiger charge is -2.21. The molecule has 1 heterocycles. The van der Waals surface area contributed by atoms with Crippen molar-refractivity contribution in [3.05, 3.63) is 29.8 Å². The molecule has 1 aromatic rings. The van der Waals surface area contributed by atoms with Crippen molar-refractivity contribution < 1.29 is 0 Å². The first-order valence-corrected chi connectivity index (χ1v) is 9.27. The summed E-state index contributed by atoms with van der Waals surface area (Å²) in [4.78, 5) is 0. The maximum absolute atomic E-state index is 8.74. The third-order valence-corrected chi connectivity index (χ3v) is 5.24. The molecule has 0 aliphatic carbocycles. The van der Waals surface area contributed by atoms with Gasteiger partial charge in [-0.3, -0.25) is 0 Å². The Hall–Kier alpha value is -1.67. The molecule has 0 amide bonds. The summed E-state index contributed by atoms with van der Waals surface area (Å²) in [6.07, 6.45) is 0. The van der Waals surface area contributed by atoms with E-state index in [0.717, 1.165) is 12.2 Å². The Bertz CT molecular complexity index is 467. The average Bonchev–Trinajstić information content (AvgIpc) is 2.78. The molecule has 2 rings (SSSR count). The van der Waals surface area contributed by atoms with Crippen molar-refractivity contribution in [3.63, 3.8) is 0 Å². The molecule has 1 aliphatic heterocycles. The zero-order chi connectivity index (χ0) is 12.5. The van der Waals surface area contributed by atoms with E-state index < -0.39 is 8.07 Å². The van der Waals surface area contributed by atoms with Crippen molar-refractivity contribution in [2.24, 2.45) is 10.3 Å². The fourth-order valence-electron chi connectivity index (χ4n) is 1.67. The number of nitrogens with zero attached hydrogens (tertiary/aromatic N) is 4. The first-order valence-electron chi connectivity index (χ1n) is 5.69. The number of nitriles is 1. The lowest BCUT2D eigenvalue weighted by atomic mass is 10.2. The Balaban J connectivity index is 2.11. The second-order valence-corrected chi connectivity index (χ2v) is 10.7. The van der Waals surface area contributed by atoms with Crippen molar-refractivity contribution in [1.29, 1.82) is 5.26 Å². The van der Waals surface area contributed by atoms with E-state index in [2.05, 4.69) is 36.0 Å². The second-order valence-electron chi connectivity index (χ2n) is 5.33. The third-order valence-electron chi connectivity index (χ3n) is 2.94. The van der Waals surface area contributed by atoms with Gasteiger partial charge >= 0.3 is 0 Å². The number of rotatable bonds is 2. The molecule has 0 spiro atoms. The fraction of sp³-hybridized carbons (Fsp3) is 0.417. The molecule has 1 aromatic carbocycles. The van der Waals surface area contributed by atoms with Gasteiger partial charge in [-0.2, -0.15) is 10.4 Å². The van der Waals surface area contributed by atoms with Crippen LogP contribution in [0.15, 0.2) is 34.6 Å². The molecule has 17 heavy (non-hydrogen) atoms. The van der Waals surface area contributed by atoms with Gasteiger partial charge in [-0.25, -0.2) is 5.01 Å². The molecule has 1 atom stereocenters. The molecule has 0 radical (unpaired) electrons. The zero-order valence-corrected chi connectivity index (χ0v) is 11.4. The summed E-state index contributed by atoms with van der Waals surface area (Å²) in [6.45, 7) is 7.78. The van der Waals surface area contributed by atoms with Crippen LogP contribution in [0.3, 0.4) is 0 Å². The first kappa shape index (κ1) is 11.8. The smallest absolute Gasteiger partial charge is 0.0991 e. The summed E-state index contributed by atoms with van der Waals surface area (Å²) in [5, 5.41) is 19.2. The Kier molecular flexibility index (Phi) is 2.98. The van der Waals surface area contributed by atoms with Crippen LogP contribution in [0.2, 0.25) is 19.6 Å². The van der Waals surface area contributed by atoms with Gasteiger partial charge < -0.3 is 0 Å². The van der Waals surface area contributed by atoms with Crippen LogP contribution in [-0.2, 0) is 0 Å². The molecule has 1 unspecified atom stereocenters. The lowest BCUT2D eigenvalue weighted by Crippen LogP contribution is -2.40. The zero-order valence-electron chi connectivity index (χ0n) is 10.4. The van der Waals surface area contributed by atoms with Crippen LogP contribution in [0.5, 0.6) is 0 Å². The van der Waals surface area contributed by atoms with Gasteiger partial charge in [-0.1, -0.05) is 24.9 Å². The maximum atomic E-state index is 8.74. The SMILES string of the molecule is C[Si](C)(C)C1CN(c2ccc(C#N)cc2)N=N1. The Morgan fingerprint density at radius 1 is 1.29 bits per heavy atom. The number of anilines is 1. The molecule has 0 saturated heterocycles. The van der Waals surface area contributed by atoms with Gasteiger partial charge in [-0.05, 0) is 24.3 Å². The Morgan fingerprint density at radius 2 is 1.94 bits per heavy atom. The standard InChI is InChI=1S/C12H16N4Si/c1-17(2,3)12-9-16(15-14-12)11-6-4-10(8-13)5-7-11/h4-7,12H,9H2,1-3H3. The van der Waals surface area contributed by atoms with Gasteiger partial charge in [-0.15, -0.1) is 0 Å². The largest absolute Gasteiger partial charge is 0.245 e. The van der Waals surface area contributed by atoms with E-state index in [1.807, 2.05) is 29.3 Å². The van der Waals surface area contributed by atoms with E-state index in [-0.39, 0.29) is 0 Å². The Morgan fingerprint density at radius 3 is 2.41 bits per heavy atom. The van der Waals surface area contributed by atoms with Crippen LogP contribution in [0.25, 0.3) is 0 Å². The normalized spacial score (nSPS) is 19.4. The maximum Gasteiger partial charge on any atom is 0.0991 e. The van der Waals surface area contributed by atoms with E-state index in [9.17, 15) is 0 Å². The van der Waals surface area contributed by atoms with E-state index >= 15 is 0 Å². The lowest BCUT2D eigenvalue weighted by molar-refractivity contribution is 0.898. The van der Waals surface area contributed by atoms with Gasteiger partial charge in [0.05, 0.1) is 37.6 Å². The number of benzene rings is 1. The van der Waals surface area contributed by atoms with Gasteiger partial charge in [0.2, 0.25) is 0 Å². The minimum Gasteiger partial charge on any atom is -0.245 e. The van der Waals surface area contributed by atoms with Crippen molar-refractivity contribution >= 4 is 13.8 Å². The predicted molar refractivity (Wildman–Crippen MR) is 70.5 cm³/mol. The van der Waals surface area contributed by atoms with Gasteiger partial charge in [0.25, 0.3) is 0 Å². The van der Waals surface area contributed by atoms with E-state index in [0.29, 0.717) is 11.2 Å². The molecule has 4 nitrogen and oxygen atoms in total. The first-order chi connectivity index (χ1) is 8.00. The van der Waals surface area contributed by atoms with Gasteiger partial charge in [0, 0.05) is 0 Å². The van der Waals surface area contributed by atoms with Crippen LogP contribution in [0.4, 0.5) is 5.69 Å². The van der Waals surface area contributed by atoms with Crippen LogP contribution in [0, 0.1) is 11.3 Å². The molecule has 1 aliphatic rings. The molecular weight excluding hydrogens is 228 g/mol. The molecule has 0 bridgehead atoms. The fourth-order valence-corrected chi connectivity index (χ4v) is 2.79. The highest BCUT2D eigenvalue weighted by Gasteiger charge is 2.32. The van der Waals surface area contributed by atoms with Crippen LogP contribution < -0.4 is 5.01 Å². The molecular formula is C12H16N4Si. The van der Waals surface area contributed by atoms with Gasteiger partial charge in [0.15, 0.2) is 0 Å². The minimum atomic E-state index is -1.27. The molecule has 88 valence electrons. The van der Waals surface area contributed by atoms with E-state index in [1.54, 1.807) is 0 Å². The predicted octanol–water partition coefficient (Wildman–Crippen LogP) is 2.99. The van der Waals surface area contributed by atoms with Crippen LogP contribution >= 0.6 is 0 Å². The second kappa shape index (κ2) is 4.30. The van der Waals surface area contributed by atoms with E-state index in [1.165, 1.54) is 0 Å². The summed E-state index contributed by atoms with van der Waals surface area (Å²) < 4.78 is 0. The summed E-state index contributed by atoms with van der Waals surface area (Å²) in [5.41, 5.74) is 2.04. The van der Waals surface area contributed by atoms with Crippen molar-refractivity contribution in [2.45, 2.75) is 25.3 Å². The van der Waals surface area contributed by atoms with Crippen LogP contribution in [0.1, 0.15) is 5.56 Å². The van der Waals surface area contributed by atoms with Crippen molar-refractivity contribution in [2.75, 3.05) is 11.6 Å². The topological polar surface area (TPSA) is 51.8 Å². The summed E-state index contributed by atoms with van der Waals surface area (Å²) in [5.74, 6) is 0. The average molecular weight is 244 g/mol. The van der Waals surface area contributed by atoms with Crippen LogP contribution in [-0.4, -0.2) is 20.3 Å². The monoisotopic (exact) mass is 244 g/mol. The Labute approximate surface area is 103 Å². The van der Waals surface area contributed by atoms with E-state index in [4.69, 9.17) is 5.26 Å². The highest BCUT2D eigenvalue weighted by atomic mass is 28.3. The summed E-state index contributed by atoms with van der Waals surface area (Å²) in [6, 6.07) is 9.58. The molecule has 0 N–H and O–H groups in total. The van der Waals surface area contributed by atoms with Gasteiger partial charge in [0.1, 0.15) is 0 Å². The third kappa shape index (κ3) is 2.53. The highest BCUT2D eigenvalue weighted by molar-refractivity contribution is 6.77. The summed E-state index contributed by atoms with van der Waals surface area (Å²) >= 11 is 0.